The second kappa shape index (κ2) is 7.56. The highest BCUT2D eigenvalue weighted by atomic mass is 79.9. The van der Waals surface area contributed by atoms with Gasteiger partial charge >= 0.3 is 6.18 Å². The highest BCUT2D eigenvalue weighted by Crippen LogP contribution is 2.39. The van der Waals surface area contributed by atoms with Crippen LogP contribution in [0.25, 0.3) is 0 Å². The molecule has 0 atom stereocenters. The number of aromatic hydroxyl groups is 2. The van der Waals surface area contributed by atoms with Gasteiger partial charge in [0.2, 0.25) is 0 Å². The number of alkyl halides is 3. The standard InChI is InChI=1S/C20H13Br2F3O2/c21-15-9-12(3-7-17(15)26)19(13-4-8-18(27)16(22)10-13)11-1-5-14(6-2-11)20(23,24)25/h1-10,19,26-27H. The van der Waals surface area contributed by atoms with Gasteiger partial charge in [0.1, 0.15) is 11.5 Å². The Kier molecular flexibility index (Phi) is 5.53. The Bertz CT molecular complexity index is 918. The smallest absolute Gasteiger partial charge is 0.416 e. The third-order valence-corrected chi connectivity index (χ3v) is 5.45. The molecule has 0 radical (unpaired) electrons. The molecule has 0 aliphatic heterocycles. The third-order valence-electron chi connectivity index (χ3n) is 4.18. The van der Waals surface area contributed by atoms with Crippen LogP contribution < -0.4 is 0 Å². The zero-order valence-corrected chi connectivity index (χ0v) is 16.8. The Morgan fingerprint density at radius 1 is 0.667 bits per heavy atom. The van der Waals surface area contributed by atoms with Gasteiger partial charge in [-0.25, -0.2) is 0 Å². The molecule has 140 valence electrons. The fourth-order valence-electron chi connectivity index (χ4n) is 2.85. The lowest BCUT2D eigenvalue weighted by molar-refractivity contribution is -0.137. The summed E-state index contributed by atoms with van der Waals surface area (Å²) in [7, 11) is 0. The maximum absolute atomic E-state index is 12.9. The van der Waals surface area contributed by atoms with Crippen molar-refractivity contribution in [3.63, 3.8) is 0 Å². The fourth-order valence-corrected chi connectivity index (χ4v) is 3.64. The van der Waals surface area contributed by atoms with E-state index in [4.69, 9.17) is 0 Å². The molecular formula is C20H13Br2F3O2. The quantitative estimate of drug-likeness (QED) is 0.386. The summed E-state index contributed by atoms with van der Waals surface area (Å²) in [5.41, 5.74) is 1.48. The van der Waals surface area contributed by atoms with Crippen molar-refractivity contribution >= 4 is 31.9 Å². The largest absolute Gasteiger partial charge is 0.507 e. The van der Waals surface area contributed by atoms with Crippen LogP contribution in [0.1, 0.15) is 28.2 Å². The summed E-state index contributed by atoms with van der Waals surface area (Å²) in [5.74, 6) is -0.255. The maximum Gasteiger partial charge on any atom is 0.416 e. The molecular weight excluding hydrogens is 489 g/mol. The topological polar surface area (TPSA) is 40.5 Å². The first-order chi connectivity index (χ1) is 12.7. The highest BCUT2D eigenvalue weighted by molar-refractivity contribution is 9.10. The van der Waals surface area contributed by atoms with Gasteiger partial charge in [0.05, 0.1) is 14.5 Å². The van der Waals surface area contributed by atoms with Crippen molar-refractivity contribution in [3.8, 4) is 11.5 Å². The number of phenols is 2. The molecule has 0 heterocycles. The van der Waals surface area contributed by atoms with Crippen molar-refractivity contribution in [1.82, 2.24) is 0 Å². The molecule has 0 bridgehead atoms. The number of rotatable bonds is 3. The van der Waals surface area contributed by atoms with Crippen molar-refractivity contribution in [1.29, 1.82) is 0 Å². The van der Waals surface area contributed by atoms with Crippen molar-refractivity contribution < 1.29 is 23.4 Å². The Hall–Kier alpha value is -1.99. The van der Waals surface area contributed by atoms with Gasteiger partial charge in [-0.05, 0) is 84.9 Å². The van der Waals surface area contributed by atoms with Crippen molar-refractivity contribution in [2.45, 2.75) is 12.1 Å². The Morgan fingerprint density at radius 2 is 1.07 bits per heavy atom. The minimum absolute atomic E-state index is 0.0665. The highest BCUT2D eigenvalue weighted by Gasteiger charge is 2.30. The van der Waals surface area contributed by atoms with E-state index in [1.165, 1.54) is 24.3 Å². The van der Waals surface area contributed by atoms with Crippen LogP contribution in [0.3, 0.4) is 0 Å². The van der Waals surface area contributed by atoms with Gasteiger partial charge in [0.15, 0.2) is 0 Å². The molecule has 0 aliphatic carbocycles. The number of hydrogen-bond donors (Lipinski definition) is 2. The Labute approximate surface area is 170 Å². The van der Waals surface area contributed by atoms with Crippen molar-refractivity contribution in [2.24, 2.45) is 0 Å². The summed E-state index contributed by atoms with van der Waals surface area (Å²) >= 11 is 6.55. The molecule has 2 nitrogen and oxygen atoms in total. The lowest BCUT2D eigenvalue weighted by Gasteiger charge is -2.20. The van der Waals surface area contributed by atoms with Gasteiger partial charge < -0.3 is 10.2 Å². The number of hydrogen-bond acceptors (Lipinski definition) is 2. The zero-order chi connectivity index (χ0) is 19.8. The summed E-state index contributed by atoms with van der Waals surface area (Å²) in [6, 6.07) is 14.9. The van der Waals surface area contributed by atoms with E-state index in [2.05, 4.69) is 31.9 Å². The van der Waals surface area contributed by atoms with Crippen LogP contribution in [0.5, 0.6) is 11.5 Å². The van der Waals surface area contributed by atoms with Gasteiger partial charge in [-0.3, -0.25) is 0 Å². The normalized spacial score (nSPS) is 11.8. The summed E-state index contributed by atoms with van der Waals surface area (Å²) in [5, 5.41) is 19.5. The van der Waals surface area contributed by atoms with Crippen LogP contribution in [0.15, 0.2) is 69.6 Å². The van der Waals surface area contributed by atoms with E-state index in [1.54, 1.807) is 24.3 Å². The van der Waals surface area contributed by atoms with Gasteiger partial charge in [-0.1, -0.05) is 24.3 Å². The molecule has 3 aromatic rings. The van der Waals surface area contributed by atoms with E-state index in [9.17, 15) is 23.4 Å². The minimum atomic E-state index is -4.41. The van der Waals surface area contributed by atoms with Crippen LogP contribution in [-0.2, 0) is 6.18 Å². The SMILES string of the molecule is Oc1ccc(C(c2ccc(C(F)(F)F)cc2)c2ccc(O)c(Br)c2)cc1Br. The fraction of sp³-hybridized carbons (Fsp3) is 0.100. The average Bonchev–Trinajstić information content (AvgIpc) is 2.61. The first kappa shape index (κ1) is 19.8. The molecule has 0 unspecified atom stereocenters. The van der Waals surface area contributed by atoms with Gasteiger partial charge in [-0.15, -0.1) is 0 Å². The molecule has 0 amide bonds. The van der Waals surface area contributed by atoms with E-state index in [0.717, 1.165) is 23.3 Å². The number of benzene rings is 3. The van der Waals surface area contributed by atoms with Crippen LogP contribution in [0.2, 0.25) is 0 Å². The summed E-state index contributed by atoms with van der Waals surface area (Å²) < 4.78 is 39.6. The molecule has 3 rings (SSSR count). The Balaban J connectivity index is 2.14. The monoisotopic (exact) mass is 500 g/mol. The van der Waals surface area contributed by atoms with Crippen molar-refractivity contribution in [2.75, 3.05) is 0 Å². The molecule has 0 aromatic heterocycles. The predicted octanol–water partition coefficient (Wildman–Crippen LogP) is 6.82. The van der Waals surface area contributed by atoms with Gasteiger partial charge in [0, 0.05) is 5.92 Å². The van der Waals surface area contributed by atoms with E-state index < -0.39 is 11.7 Å². The first-order valence-electron chi connectivity index (χ1n) is 7.81. The van der Waals surface area contributed by atoms with Gasteiger partial charge in [-0.2, -0.15) is 13.2 Å². The van der Waals surface area contributed by atoms with E-state index in [-0.39, 0.29) is 17.4 Å². The molecule has 0 saturated carbocycles. The van der Waals surface area contributed by atoms with E-state index in [1.807, 2.05) is 0 Å². The third kappa shape index (κ3) is 4.30. The maximum atomic E-state index is 12.9. The predicted molar refractivity (Wildman–Crippen MR) is 104 cm³/mol. The Morgan fingerprint density at radius 3 is 1.44 bits per heavy atom. The van der Waals surface area contributed by atoms with Crippen molar-refractivity contribution in [3.05, 3.63) is 91.9 Å². The molecule has 0 fully saturated rings. The van der Waals surface area contributed by atoms with Crippen LogP contribution >= 0.6 is 31.9 Å². The molecule has 7 heteroatoms. The molecule has 0 saturated heterocycles. The number of halogens is 5. The first-order valence-corrected chi connectivity index (χ1v) is 9.39. The van der Waals surface area contributed by atoms with Crippen LogP contribution in [-0.4, -0.2) is 10.2 Å². The van der Waals surface area contributed by atoms with Crippen LogP contribution in [0.4, 0.5) is 13.2 Å². The molecule has 0 aliphatic rings. The average molecular weight is 502 g/mol. The summed E-state index contributed by atoms with van der Waals surface area (Å²) in [6.07, 6.45) is -4.41. The summed E-state index contributed by atoms with van der Waals surface area (Å²) in [6.45, 7) is 0. The molecule has 3 aromatic carbocycles. The van der Waals surface area contributed by atoms with E-state index >= 15 is 0 Å². The molecule has 2 N–H and O–H groups in total. The number of phenolic OH excluding ortho intramolecular Hbond substituents is 2. The lowest BCUT2D eigenvalue weighted by atomic mass is 9.85. The van der Waals surface area contributed by atoms with Gasteiger partial charge in [0.25, 0.3) is 0 Å². The van der Waals surface area contributed by atoms with Crippen LogP contribution in [0, 0.1) is 0 Å². The minimum Gasteiger partial charge on any atom is -0.507 e. The van der Waals surface area contributed by atoms with E-state index in [0.29, 0.717) is 14.5 Å². The molecule has 27 heavy (non-hydrogen) atoms. The second-order valence-corrected chi connectivity index (χ2v) is 7.68. The lowest BCUT2D eigenvalue weighted by Crippen LogP contribution is -2.07. The zero-order valence-electron chi connectivity index (χ0n) is 13.6. The molecule has 0 spiro atoms. The second-order valence-electron chi connectivity index (χ2n) is 5.97. The summed E-state index contributed by atoms with van der Waals surface area (Å²) in [4.78, 5) is 0.